The van der Waals surface area contributed by atoms with Crippen LogP contribution in [0.15, 0.2) is 54.7 Å². The van der Waals surface area contributed by atoms with Crippen LogP contribution in [0.2, 0.25) is 0 Å². The predicted molar refractivity (Wildman–Crippen MR) is 73.8 cm³/mol. The number of benzene rings is 2. The predicted octanol–water partition coefficient (Wildman–Crippen LogP) is 4.27. The van der Waals surface area contributed by atoms with E-state index in [2.05, 4.69) is 4.98 Å². The van der Waals surface area contributed by atoms with Crippen molar-refractivity contribution in [1.29, 1.82) is 0 Å². The lowest BCUT2D eigenvalue weighted by molar-refractivity contribution is -0.137. The monoisotopic (exact) mass is 291 g/mol. The zero-order valence-corrected chi connectivity index (χ0v) is 10.9. The van der Waals surface area contributed by atoms with Gasteiger partial charge in [0.05, 0.1) is 5.56 Å². The van der Waals surface area contributed by atoms with Gasteiger partial charge in [0.1, 0.15) is 6.10 Å². The van der Waals surface area contributed by atoms with Gasteiger partial charge in [-0.05, 0) is 23.8 Å². The number of aliphatic hydroxyl groups excluding tert-OH is 1. The van der Waals surface area contributed by atoms with E-state index in [-0.39, 0.29) is 0 Å². The van der Waals surface area contributed by atoms with E-state index in [9.17, 15) is 18.3 Å². The molecule has 21 heavy (non-hydrogen) atoms. The van der Waals surface area contributed by atoms with Crippen molar-refractivity contribution in [2.45, 2.75) is 12.3 Å². The van der Waals surface area contributed by atoms with Crippen molar-refractivity contribution in [3.8, 4) is 0 Å². The van der Waals surface area contributed by atoms with Gasteiger partial charge in [-0.3, -0.25) is 0 Å². The van der Waals surface area contributed by atoms with Crippen LogP contribution in [-0.4, -0.2) is 10.1 Å². The number of hydrogen-bond acceptors (Lipinski definition) is 1. The van der Waals surface area contributed by atoms with Crippen LogP contribution in [0.5, 0.6) is 0 Å². The number of alkyl halides is 3. The van der Waals surface area contributed by atoms with E-state index in [1.807, 2.05) is 24.3 Å². The number of rotatable bonds is 2. The molecule has 0 fully saturated rings. The second-order valence-electron chi connectivity index (χ2n) is 4.81. The summed E-state index contributed by atoms with van der Waals surface area (Å²) < 4.78 is 37.6. The van der Waals surface area contributed by atoms with Crippen molar-refractivity contribution in [2.75, 3.05) is 0 Å². The summed E-state index contributed by atoms with van der Waals surface area (Å²) in [6, 6.07) is 12.0. The summed E-state index contributed by atoms with van der Waals surface area (Å²) in [5.41, 5.74) is 1.22. The molecule has 1 unspecified atom stereocenters. The number of aliphatic hydroxyl groups is 1. The molecular weight excluding hydrogens is 279 g/mol. The van der Waals surface area contributed by atoms with E-state index in [1.165, 1.54) is 12.1 Å². The molecule has 0 spiro atoms. The smallest absolute Gasteiger partial charge is 0.384 e. The summed E-state index contributed by atoms with van der Waals surface area (Å²) in [6.07, 6.45) is -3.67. The average molecular weight is 291 g/mol. The van der Waals surface area contributed by atoms with Gasteiger partial charge in [-0.15, -0.1) is 0 Å². The largest absolute Gasteiger partial charge is 0.416 e. The number of hydrogen-bond donors (Lipinski definition) is 2. The Kier molecular flexibility index (Phi) is 3.22. The van der Waals surface area contributed by atoms with Crippen molar-refractivity contribution in [1.82, 2.24) is 4.98 Å². The third kappa shape index (κ3) is 2.52. The van der Waals surface area contributed by atoms with E-state index < -0.39 is 17.8 Å². The van der Waals surface area contributed by atoms with Crippen molar-refractivity contribution < 1.29 is 18.3 Å². The summed E-state index contributed by atoms with van der Waals surface area (Å²) in [6.45, 7) is 0. The van der Waals surface area contributed by atoms with E-state index >= 15 is 0 Å². The Morgan fingerprint density at radius 1 is 0.952 bits per heavy atom. The quantitative estimate of drug-likeness (QED) is 0.727. The summed E-state index contributed by atoms with van der Waals surface area (Å²) >= 11 is 0. The zero-order chi connectivity index (χ0) is 15.0. The molecule has 0 radical (unpaired) electrons. The van der Waals surface area contributed by atoms with Crippen LogP contribution < -0.4 is 0 Å². The molecule has 5 heteroatoms. The third-order valence-electron chi connectivity index (χ3n) is 3.47. The Morgan fingerprint density at radius 2 is 1.62 bits per heavy atom. The van der Waals surface area contributed by atoms with Gasteiger partial charge in [-0.25, -0.2) is 0 Å². The second-order valence-corrected chi connectivity index (χ2v) is 4.81. The molecule has 108 valence electrons. The Labute approximate surface area is 118 Å². The van der Waals surface area contributed by atoms with Gasteiger partial charge >= 0.3 is 6.18 Å². The summed E-state index contributed by atoms with van der Waals surface area (Å²) in [4.78, 5) is 3.03. The molecule has 0 aliphatic carbocycles. The molecule has 3 rings (SSSR count). The Hall–Kier alpha value is -2.27. The number of fused-ring (bicyclic) bond motifs is 1. The molecule has 1 aromatic heterocycles. The normalized spacial score (nSPS) is 13.5. The fourth-order valence-electron chi connectivity index (χ4n) is 2.35. The van der Waals surface area contributed by atoms with Gasteiger partial charge < -0.3 is 10.1 Å². The molecule has 2 aromatic carbocycles. The molecule has 1 atom stereocenters. The molecule has 0 aliphatic heterocycles. The fourth-order valence-corrected chi connectivity index (χ4v) is 2.35. The van der Waals surface area contributed by atoms with Crippen LogP contribution in [-0.2, 0) is 6.18 Å². The van der Waals surface area contributed by atoms with E-state index in [0.29, 0.717) is 11.1 Å². The first-order valence-corrected chi connectivity index (χ1v) is 6.38. The summed E-state index contributed by atoms with van der Waals surface area (Å²) in [7, 11) is 0. The highest BCUT2D eigenvalue weighted by Gasteiger charge is 2.30. The van der Waals surface area contributed by atoms with Crippen LogP contribution in [0.3, 0.4) is 0 Å². The zero-order valence-electron chi connectivity index (χ0n) is 10.9. The molecule has 2 N–H and O–H groups in total. The SMILES string of the molecule is OC(c1ccc(C(F)(F)F)cc1)c1c[nH]c2ccccc12. The van der Waals surface area contributed by atoms with Crippen LogP contribution in [0.4, 0.5) is 13.2 Å². The van der Waals surface area contributed by atoms with Crippen molar-refractivity contribution >= 4 is 10.9 Å². The number of nitrogens with one attached hydrogen (secondary N) is 1. The molecule has 3 aromatic rings. The van der Waals surface area contributed by atoms with Crippen LogP contribution in [0.1, 0.15) is 22.8 Å². The maximum absolute atomic E-state index is 12.5. The lowest BCUT2D eigenvalue weighted by atomic mass is 10.00. The van der Waals surface area contributed by atoms with Gasteiger partial charge in [0.15, 0.2) is 0 Å². The van der Waals surface area contributed by atoms with Gasteiger partial charge in [0.2, 0.25) is 0 Å². The number of aromatic amines is 1. The Balaban J connectivity index is 1.97. The first-order chi connectivity index (χ1) is 9.97. The molecule has 0 aliphatic rings. The standard InChI is InChI=1S/C16H12F3NO/c17-16(18,19)11-7-5-10(6-8-11)15(21)13-9-20-14-4-2-1-3-12(13)14/h1-9,15,20-21H. The lowest BCUT2D eigenvalue weighted by Gasteiger charge is -2.12. The van der Waals surface area contributed by atoms with Gasteiger partial charge in [0, 0.05) is 22.7 Å². The maximum atomic E-state index is 12.5. The van der Waals surface area contributed by atoms with Crippen LogP contribution in [0, 0.1) is 0 Å². The number of H-pyrrole nitrogens is 1. The van der Waals surface area contributed by atoms with Gasteiger partial charge in [-0.2, -0.15) is 13.2 Å². The minimum Gasteiger partial charge on any atom is -0.384 e. The second kappa shape index (κ2) is 4.93. The fraction of sp³-hybridized carbons (Fsp3) is 0.125. The lowest BCUT2D eigenvalue weighted by Crippen LogP contribution is -2.05. The first kappa shape index (κ1) is 13.7. The number of aromatic nitrogens is 1. The van der Waals surface area contributed by atoms with Crippen LogP contribution in [0.25, 0.3) is 10.9 Å². The van der Waals surface area contributed by atoms with Gasteiger partial charge in [-0.1, -0.05) is 30.3 Å². The van der Waals surface area contributed by atoms with E-state index in [1.54, 1.807) is 6.20 Å². The highest BCUT2D eigenvalue weighted by molar-refractivity contribution is 5.83. The molecule has 2 nitrogen and oxygen atoms in total. The van der Waals surface area contributed by atoms with Crippen molar-refractivity contribution in [3.05, 3.63) is 71.4 Å². The third-order valence-corrected chi connectivity index (χ3v) is 3.47. The minimum atomic E-state index is -4.37. The Morgan fingerprint density at radius 3 is 2.29 bits per heavy atom. The highest BCUT2D eigenvalue weighted by atomic mass is 19.4. The highest BCUT2D eigenvalue weighted by Crippen LogP contribution is 2.32. The number of para-hydroxylation sites is 1. The van der Waals surface area contributed by atoms with Crippen molar-refractivity contribution in [2.24, 2.45) is 0 Å². The van der Waals surface area contributed by atoms with Crippen molar-refractivity contribution in [3.63, 3.8) is 0 Å². The molecular formula is C16H12F3NO. The Bertz CT molecular complexity index is 759. The summed E-state index contributed by atoms with van der Waals surface area (Å²) in [5.74, 6) is 0. The topological polar surface area (TPSA) is 36.0 Å². The molecule has 0 bridgehead atoms. The maximum Gasteiger partial charge on any atom is 0.416 e. The van der Waals surface area contributed by atoms with Crippen LogP contribution >= 0.6 is 0 Å². The van der Waals surface area contributed by atoms with E-state index in [4.69, 9.17) is 0 Å². The summed E-state index contributed by atoms with van der Waals surface area (Å²) in [5, 5.41) is 11.2. The minimum absolute atomic E-state index is 0.424. The van der Waals surface area contributed by atoms with E-state index in [0.717, 1.165) is 23.0 Å². The number of halogens is 3. The molecule has 1 heterocycles. The van der Waals surface area contributed by atoms with Gasteiger partial charge in [0.25, 0.3) is 0 Å². The average Bonchev–Trinajstić information content (AvgIpc) is 2.90. The first-order valence-electron chi connectivity index (χ1n) is 6.38. The molecule has 0 saturated heterocycles. The molecule has 0 saturated carbocycles. The molecule has 0 amide bonds.